The summed E-state index contributed by atoms with van der Waals surface area (Å²) in [5.74, 6) is -0.221. The van der Waals surface area contributed by atoms with Crippen molar-refractivity contribution in [3.05, 3.63) is 11.6 Å². The third-order valence-electron chi connectivity index (χ3n) is 4.11. The normalized spacial score (nSPS) is 16.1. The van der Waals surface area contributed by atoms with Crippen LogP contribution in [0.3, 0.4) is 0 Å². The van der Waals surface area contributed by atoms with E-state index in [-0.39, 0.29) is 12.3 Å². The summed E-state index contributed by atoms with van der Waals surface area (Å²) < 4.78 is 0. The van der Waals surface area contributed by atoms with Crippen molar-refractivity contribution in [2.75, 3.05) is 6.54 Å². The van der Waals surface area contributed by atoms with Crippen LogP contribution in [0, 0.1) is 5.92 Å². The van der Waals surface area contributed by atoms with Gasteiger partial charge in [0.1, 0.15) is 0 Å². The highest BCUT2D eigenvalue weighted by Gasteiger charge is 2.12. The maximum absolute atomic E-state index is 11.9. The van der Waals surface area contributed by atoms with E-state index in [9.17, 15) is 9.59 Å². The Morgan fingerprint density at radius 2 is 2.10 bits per heavy atom. The van der Waals surface area contributed by atoms with Crippen LogP contribution < -0.4 is 5.32 Å². The first-order chi connectivity index (χ1) is 10.1. The quantitative estimate of drug-likeness (QED) is 0.604. The van der Waals surface area contributed by atoms with Gasteiger partial charge in [-0.15, -0.1) is 0 Å². The molecule has 1 rings (SSSR count). The van der Waals surface area contributed by atoms with Crippen LogP contribution in [-0.4, -0.2) is 23.5 Å². The van der Waals surface area contributed by atoms with Crippen LogP contribution in [0.4, 0.5) is 0 Å². The zero-order valence-corrected chi connectivity index (χ0v) is 13.2. The maximum Gasteiger partial charge on any atom is 0.303 e. The molecule has 21 heavy (non-hydrogen) atoms. The maximum atomic E-state index is 11.9. The predicted octanol–water partition coefficient (Wildman–Crippen LogP) is 3.66. The highest BCUT2D eigenvalue weighted by atomic mass is 16.4. The van der Waals surface area contributed by atoms with E-state index in [2.05, 4.69) is 18.3 Å². The van der Waals surface area contributed by atoms with Gasteiger partial charge in [0.25, 0.3) is 0 Å². The molecule has 1 amide bonds. The van der Waals surface area contributed by atoms with E-state index < -0.39 is 5.97 Å². The van der Waals surface area contributed by atoms with Gasteiger partial charge in [-0.2, -0.15) is 0 Å². The highest BCUT2D eigenvalue weighted by Crippen LogP contribution is 2.20. The second-order valence-corrected chi connectivity index (χ2v) is 6.01. The fourth-order valence-electron chi connectivity index (χ4n) is 2.92. The van der Waals surface area contributed by atoms with Crippen LogP contribution in [0.1, 0.15) is 71.1 Å². The Balaban J connectivity index is 2.20. The highest BCUT2D eigenvalue weighted by molar-refractivity contribution is 5.78. The first-order valence-electron chi connectivity index (χ1n) is 8.28. The molecule has 0 aromatic rings. The zero-order valence-electron chi connectivity index (χ0n) is 13.2. The van der Waals surface area contributed by atoms with Crippen molar-refractivity contribution in [3.63, 3.8) is 0 Å². The molecule has 0 saturated heterocycles. The zero-order chi connectivity index (χ0) is 15.5. The van der Waals surface area contributed by atoms with Crippen LogP contribution in [0.5, 0.6) is 0 Å². The Morgan fingerprint density at radius 3 is 2.71 bits per heavy atom. The number of hydrogen-bond donors (Lipinski definition) is 2. The van der Waals surface area contributed by atoms with Gasteiger partial charge in [-0.3, -0.25) is 9.59 Å². The number of allylic oxidation sites excluding steroid dienone is 1. The SMILES string of the molecule is CCCC(CCNC(=O)CC1=CCCCC1)CCC(=O)O. The molecule has 4 nitrogen and oxygen atoms in total. The van der Waals surface area contributed by atoms with Crippen molar-refractivity contribution >= 4 is 11.9 Å². The first kappa shape index (κ1) is 17.7. The van der Waals surface area contributed by atoms with Gasteiger partial charge in [-0.25, -0.2) is 0 Å². The van der Waals surface area contributed by atoms with Gasteiger partial charge in [-0.05, 0) is 44.4 Å². The second kappa shape index (κ2) is 10.4. The minimum atomic E-state index is -0.732. The number of hydrogen-bond acceptors (Lipinski definition) is 2. The van der Waals surface area contributed by atoms with Crippen molar-refractivity contribution in [2.24, 2.45) is 5.92 Å². The van der Waals surface area contributed by atoms with E-state index in [1.165, 1.54) is 18.4 Å². The summed E-state index contributed by atoms with van der Waals surface area (Å²) in [5.41, 5.74) is 1.27. The van der Waals surface area contributed by atoms with Gasteiger partial charge >= 0.3 is 5.97 Å². The molecule has 1 atom stereocenters. The molecule has 1 aliphatic rings. The summed E-state index contributed by atoms with van der Waals surface area (Å²) in [4.78, 5) is 22.5. The fourth-order valence-corrected chi connectivity index (χ4v) is 2.92. The first-order valence-corrected chi connectivity index (χ1v) is 8.28. The Hall–Kier alpha value is -1.32. The van der Waals surface area contributed by atoms with Crippen molar-refractivity contribution in [1.82, 2.24) is 5.32 Å². The molecule has 0 aromatic heterocycles. The number of carboxylic acids is 1. The molecule has 120 valence electrons. The predicted molar refractivity (Wildman–Crippen MR) is 84.1 cm³/mol. The molecule has 0 heterocycles. The van der Waals surface area contributed by atoms with E-state index >= 15 is 0 Å². The molecular weight excluding hydrogens is 266 g/mol. The summed E-state index contributed by atoms with van der Waals surface area (Å²) in [5, 5.41) is 11.7. The van der Waals surface area contributed by atoms with Crippen LogP contribution in [0.15, 0.2) is 11.6 Å². The molecule has 4 heteroatoms. The van der Waals surface area contributed by atoms with Crippen LogP contribution >= 0.6 is 0 Å². The van der Waals surface area contributed by atoms with Crippen molar-refractivity contribution < 1.29 is 14.7 Å². The number of carboxylic acid groups (broad SMARTS) is 1. The number of rotatable bonds is 10. The number of carbonyl (C=O) groups is 2. The molecular formula is C17H29NO3. The van der Waals surface area contributed by atoms with Crippen molar-refractivity contribution in [2.45, 2.75) is 71.1 Å². The average Bonchev–Trinajstić information content (AvgIpc) is 2.45. The largest absolute Gasteiger partial charge is 0.481 e. The third-order valence-corrected chi connectivity index (χ3v) is 4.11. The van der Waals surface area contributed by atoms with Crippen LogP contribution in [0.2, 0.25) is 0 Å². The lowest BCUT2D eigenvalue weighted by Gasteiger charge is -2.16. The summed E-state index contributed by atoms with van der Waals surface area (Å²) >= 11 is 0. The lowest BCUT2D eigenvalue weighted by Crippen LogP contribution is -2.26. The Morgan fingerprint density at radius 1 is 1.29 bits per heavy atom. The van der Waals surface area contributed by atoms with Crippen molar-refractivity contribution in [1.29, 1.82) is 0 Å². The Labute approximate surface area is 128 Å². The third kappa shape index (κ3) is 8.53. The summed E-state index contributed by atoms with van der Waals surface area (Å²) in [6.45, 7) is 2.78. The standard InChI is InChI=1S/C17H29NO3/c1-2-6-14(9-10-17(20)21)11-12-18-16(19)13-15-7-4-3-5-8-15/h7,14H,2-6,8-13H2,1H3,(H,18,19)(H,20,21). The van der Waals surface area contributed by atoms with Crippen LogP contribution in [0.25, 0.3) is 0 Å². The molecule has 0 aliphatic heterocycles. The molecule has 0 bridgehead atoms. The van der Waals surface area contributed by atoms with E-state index in [0.29, 0.717) is 25.3 Å². The monoisotopic (exact) mass is 295 g/mol. The molecule has 2 N–H and O–H groups in total. The number of aliphatic carboxylic acids is 1. The molecule has 0 aromatic carbocycles. The fraction of sp³-hybridized carbons (Fsp3) is 0.765. The molecule has 1 aliphatic carbocycles. The lowest BCUT2D eigenvalue weighted by atomic mass is 9.94. The number of nitrogens with one attached hydrogen (secondary N) is 1. The number of carbonyl (C=O) groups excluding carboxylic acids is 1. The summed E-state index contributed by atoms with van der Waals surface area (Å²) in [6.07, 6.45) is 11.3. The average molecular weight is 295 g/mol. The molecule has 0 fully saturated rings. The van der Waals surface area contributed by atoms with E-state index in [0.717, 1.165) is 32.1 Å². The summed E-state index contributed by atoms with van der Waals surface area (Å²) in [6, 6.07) is 0. The van der Waals surface area contributed by atoms with Gasteiger partial charge in [0.05, 0.1) is 0 Å². The second-order valence-electron chi connectivity index (χ2n) is 6.01. The van der Waals surface area contributed by atoms with Gasteiger partial charge in [0.2, 0.25) is 5.91 Å². The van der Waals surface area contributed by atoms with Gasteiger partial charge < -0.3 is 10.4 Å². The molecule has 0 spiro atoms. The number of amides is 1. The minimum Gasteiger partial charge on any atom is -0.481 e. The summed E-state index contributed by atoms with van der Waals surface area (Å²) in [7, 11) is 0. The molecule has 0 radical (unpaired) electrons. The van der Waals surface area contributed by atoms with E-state index in [1.54, 1.807) is 0 Å². The molecule has 1 unspecified atom stereocenters. The van der Waals surface area contributed by atoms with Gasteiger partial charge in [0, 0.05) is 19.4 Å². The molecule has 0 saturated carbocycles. The minimum absolute atomic E-state index is 0.108. The van der Waals surface area contributed by atoms with Gasteiger partial charge in [-0.1, -0.05) is 31.4 Å². The van der Waals surface area contributed by atoms with Crippen LogP contribution in [-0.2, 0) is 9.59 Å². The Bertz CT molecular complexity index is 363. The topological polar surface area (TPSA) is 66.4 Å². The van der Waals surface area contributed by atoms with E-state index in [1.807, 2.05) is 0 Å². The van der Waals surface area contributed by atoms with E-state index in [4.69, 9.17) is 5.11 Å². The Kier molecular flexibility index (Phi) is 8.79. The lowest BCUT2D eigenvalue weighted by molar-refractivity contribution is -0.137. The van der Waals surface area contributed by atoms with Gasteiger partial charge in [0.15, 0.2) is 0 Å². The smallest absolute Gasteiger partial charge is 0.303 e. The van der Waals surface area contributed by atoms with Crippen molar-refractivity contribution in [3.8, 4) is 0 Å².